The van der Waals surface area contributed by atoms with Crippen LogP contribution in [0.5, 0.6) is 5.75 Å². The molecule has 24 heavy (non-hydrogen) atoms. The van der Waals surface area contributed by atoms with Crippen molar-refractivity contribution in [2.75, 3.05) is 26.7 Å². The number of hydrogen-bond acceptors (Lipinski definition) is 4. The minimum Gasteiger partial charge on any atom is -0.492 e. The van der Waals surface area contributed by atoms with Gasteiger partial charge in [0.05, 0.1) is 6.61 Å². The van der Waals surface area contributed by atoms with Crippen molar-refractivity contribution < 1.29 is 9.53 Å². The number of rotatable bonds is 5. The van der Waals surface area contributed by atoms with Gasteiger partial charge >= 0.3 is 0 Å². The topological polar surface area (TPSA) is 41.6 Å². The molecule has 1 unspecified atom stereocenters. The van der Waals surface area contributed by atoms with Crippen LogP contribution >= 0.6 is 11.3 Å². The van der Waals surface area contributed by atoms with Crippen LogP contribution in [0.2, 0.25) is 0 Å². The second kappa shape index (κ2) is 7.81. The van der Waals surface area contributed by atoms with E-state index in [4.69, 9.17) is 4.74 Å². The number of amides is 1. The second-order valence-electron chi connectivity index (χ2n) is 5.98. The lowest BCUT2D eigenvalue weighted by Crippen LogP contribution is -2.46. The summed E-state index contributed by atoms with van der Waals surface area (Å²) in [4.78, 5) is 16.8. The summed E-state index contributed by atoms with van der Waals surface area (Å²) in [6.45, 7) is 4.09. The smallest absolute Gasteiger partial charge is 0.267 e. The Morgan fingerprint density at radius 2 is 2.17 bits per heavy atom. The van der Waals surface area contributed by atoms with E-state index in [1.54, 1.807) is 0 Å². The Balaban J connectivity index is 1.88. The molecule has 5 heteroatoms. The van der Waals surface area contributed by atoms with Gasteiger partial charge in [-0.05, 0) is 38.4 Å². The van der Waals surface area contributed by atoms with Gasteiger partial charge in [0.15, 0.2) is 0 Å². The summed E-state index contributed by atoms with van der Waals surface area (Å²) in [6, 6.07) is 12.5. The highest BCUT2D eigenvalue weighted by molar-refractivity contribution is 7.17. The Labute approximate surface area is 147 Å². The number of piperidine rings is 1. The molecule has 128 valence electrons. The number of thiophene rings is 1. The summed E-state index contributed by atoms with van der Waals surface area (Å²) in [5.74, 6) is 0.795. The van der Waals surface area contributed by atoms with Crippen molar-refractivity contribution in [1.82, 2.24) is 10.2 Å². The standard InChI is InChI=1S/C19H24N2O2S/c1-3-23-16-12-17(14-8-5-4-6-9-14)24-18(16)19(22)21-11-7-10-15(13-21)20-2/h4-6,8-9,12,15,20H,3,7,10-11,13H2,1-2H3. The Bertz CT molecular complexity index is 684. The van der Waals surface area contributed by atoms with Crippen LogP contribution in [0, 0.1) is 0 Å². The number of ether oxygens (including phenoxy) is 1. The van der Waals surface area contributed by atoms with E-state index in [9.17, 15) is 4.79 Å². The lowest BCUT2D eigenvalue weighted by atomic mass is 10.1. The van der Waals surface area contributed by atoms with Gasteiger partial charge in [-0.15, -0.1) is 11.3 Å². The average molecular weight is 344 g/mol. The zero-order valence-corrected chi connectivity index (χ0v) is 15.1. The quantitative estimate of drug-likeness (QED) is 0.900. The summed E-state index contributed by atoms with van der Waals surface area (Å²) >= 11 is 1.53. The van der Waals surface area contributed by atoms with Crippen molar-refractivity contribution in [2.45, 2.75) is 25.8 Å². The van der Waals surface area contributed by atoms with Crippen molar-refractivity contribution in [2.24, 2.45) is 0 Å². The van der Waals surface area contributed by atoms with Crippen molar-refractivity contribution in [3.05, 3.63) is 41.3 Å². The average Bonchev–Trinajstić information content (AvgIpc) is 3.06. The lowest BCUT2D eigenvalue weighted by molar-refractivity contribution is 0.0699. The molecule has 0 bridgehead atoms. The summed E-state index contributed by atoms with van der Waals surface area (Å²) in [7, 11) is 1.96. The number of hydrogen-bond donors (Lipinski definition) is 1. The first-order chi connectivity index (χ1) is 11.7. The van der Waals surface area contributed by atoms with Crippen molar-refractivity contribution in [1.29, 1.82) is 0 Å². The van der Waals surface area contributed by atoms with Gasteiger partial charge in [-0.3, -0.25) is 4.79 Å². The predicted molar refractivity (Wildman–Crippen MR) is 98.9 cm³/mol. The number of benzene rings is 1. The number of likely N-dealkylation sites (tertiary alicyclic amines) is 1. The second-order valence-corrected chi connectivity index (χ2v) is 7.03. The van der Waals surface area contributed by atoms with Gasteiger partial charge in [0.1, 0.15) is 10.6 Å². The number of likely N-dealkylation sites (N-methyl/N-ethyl adjacent to an activating group) is 1. The van der Waals surface area contributed by atoms with E-state index >= 15 is 0 Å². The molecule has 1 aliphatic heterocycles. The Morgan fingerprint density at radius 1 is 1.38 bits per heavy atom. The molecule has 3 rings (SSSR count). The van der Waals surface area contributed by atoms with Crippen molar-refractivity contribution in [3.8, 4) is 16.2 Å². The van der Waals surface area contributed by atoms with E-state index in [2.05, 4.69) is 17.4 Å². The van der Waals surface area contributed by atoms with E-state index in [-0.39, 0.29) is 5.91 Å². The number of carbonyl (C=O) groups excluding carboxylic acids is 1. The Hall–Kier alpha value is -1.85. The molecule has 0 saturated carbocycles. The SMILES string of the molecule is CCOc1cc(-c2ccccc2)sc1C(=O)N1CCCC(NC)C1. The highest BCUT2D eigenvalue weighted by Crippen LogP contribution is 2.37. The molecule has 1 amide bonds. The van der Waals surface area contributed by atoms with Crippen LogP contribution < -0.4 is 10.1 Å². The van der Waals surface area contributed by atoms with Crippen LogP contribution in [0.15, 0.2) is 36.4 Å². The molecule has 1 aromatic heterocycles. The minimum atomic E-state index is 0.0885. The molecule has 0 radical (unpaired) electrons. The molecule has 1 fully saturated rings. The fourth-order valence-electron chi connectivity index (χ4n) is 3.07. The predicted octanol–water partition coefficient (Wildman–Crippen LogP) is 3.64. The summed E-state index contributed by atoms with van der Waals surface area (Å²) in [5, 5.41) is 3.29. The van der Waals surface area contributed by atoms with Crippen LogP contribution in [0.4, 0.5) is 0 Å². The molecule has 1 aliphatic rings. The largest absolute Gasteiger partial charge is 0.492 e. The van der Waals surface area contributed by atoms with E-state index in [0.29, 0.717) is 23.3 Å². The van der Waals surface area contributed by atoms with Gasteiger partial charge in [-0.2, -0.15) is 0 Å². The first-order valence-electron chi connectivity index (χ1n) is 8.51. The van der Waals surface area contributed by atoms with E-state index in [0.717, 1.165) is 36.4 Å². The fourth-order valence-corrected chi connectivity index (χ4v) is 4.15. The highest BCUT2D eigenvalue weighted by atomic mass is 32.1. The minimum absolute atomic E-state index is 0.0885. The van der Waals surface area contributed by atoms with Gasteiger partial charge in [0.25, 0.3) is 5.91 Å². The summed E-state index contributed by atoms with van der Waals surface area (Å²) in [5.41, 5.74) is 1.12. The first-order valence-corrected chi connectivity index (χ1v) is 9.33. The third-order valence-corrected chi connectivity index (χ3v) is 5.52. The molecule has 4 nitrogen and oxygen atoms in total. The number of carbonyl (C=O) groups is 1. The fraction of sp³-hybridized carbons (Fsp3) is 0.421. The third kappa shape index (κ3) is 3.62. The van der Waals surface area contributed by atoms with E-state index < -0.39 is 0 Å². The molecule has 1 aromatic carbocycles. The van der Waals surface area contributed by atoms with Crippen LogP contribution in [0.25, 0.3) is 10.4 Å². The van der Waals surface area contributed by atoms with Gasteiger partial charge in [-0.1, -0.05) is 30.3 Å². The summed E-state index contributed by atoms with van der Waals surface area (Å²) < 4.78 is 5.75. The molecular weight excluding hydrogens is 320 g/mol. The van der Waals surface area contributed by atoms with E-state index in [1.165, 1.54) is 11.3 Å². The molecule has 0 aliphatic carbocycles. The number of nitrogens with one attached hydrogen (secondary N) is 1. The van der Waals surface area contributed by atoms with Gasteiger partial charge in [-0.25, -0.2) is 0 Å². The molecule has 0 spiro atoms. The van der Waals surface area contributed by atoms with Crippen LogP contribution in [0.1, 0.15) is 29.4 Å². The van der Waals surface area contributed by atoms with Gasteiger partial charge < -0.3 is 15.0 Å². The van der Waals surface area contributed by atoms with Crippen LogP contribution in [-0.2, 0) is 0 Å². The molecule has 1 atom stereocenters. The lowest BCUT2D eigenvalue weighted by Gasteiger charge is -2.32. The van der Waals surface area contributed by atoms with E-state index in [1.807, 2.05) is 43.1 Å². The molecule has 1 saturated heterocycles. The third-order valence-electron chi connectivity index (χ3n) is 4.37. The normalized spacial score (nSPS) is 17.8. The zero-order valence-electron chi connectivity index (χ0n) is 14.2. The van der Waals surface area contributed by atoms with Crippen LogP contribution in [-0.4, -0.2) is 43.6 Å². The van der Waals surface area contributed by atoms with Crippen molar-refractivity contribution >= 4 is 17.2 Å². The molecule has 1 N–H and O–H groups in total. The maximum Gasteiger partial charge on any atom is 0.267 e. The number of nitrogens with zero attached hydrogens (tertiary/aromatic N) is 1. The monoisotopic (exact) mass is 344 g/mol. The first kappa shape index (κ1) is 17.0. The summed E-state index contributed by atoms with van der Waals surface area (Å²) in [6.07, 6.45) is 2.16. The molecule has 2 aromatic rings. The van der Waals surface area contributed by atoms with Crippen molar-refractivity contribution in [3.63, 3.8) is 0 Å². The Kier molecular flexibility index (Phi) is 5.53. The van der Waals surface area contributed by atoms with Gasteiger partial charge in [0.2, 0.25) is 0 Å². The molecule has 2 heterocycles. The zero-order chi connectivity index (χ0) is 16.9. The maximum absolute atomic E-state index is 13.0. The molecular formula is C19H24N2O2S. The maximum atomic E-state index is 13.0. The van der Waals surface area contributed by atoms with Gasteiger partial charge in [0, 0.05) is 24.0 Å². The Morgan fingerprint density at radius 3 is 2.88 bits per heavy atom. The highest BCUT2D eigenvalue weighted by Gasteiger charge is 2.27. The van der Waals surface area contributed by atoms with Crippen LogP contribution in [0.3, 0.4) is 0 Å².